The van der Waals surface area contributed by atoms with Gasteiger partial charge in [0.2, 0.25) is 0 Å². The first-order valence-electron chi connectivity index (χ1n) is 7.66. The maximum absolute atomic E-state index is 12.2. The van der Waals surface area contributed by atoms with Crippen LogP contribution in [0.2, 0.25) is 5.02 Å². The van der Waals surface area contributed by atoms with Crippen LogP contribution in [0.4, 0.5) is 5.69 Å². The fraction of sp³-hybridized carbons (Fsp3) is 0.118. The van der Waals surface area contributed by atoms with E-state index in [1.54, 1.807) is 35.9 Å². The molecule has 0 aliphatic rings. The zero-order chi connectivity index (χ0) is 19.4. The normalized spacial score (nSPS) is 10.6. The van der Waals surface area contributed by atoms with Crippen molar-refractivity contribution in [3.05, 3.63) is 75.1 Å². The third-order valence-electron chi connectivity index (χ3n) is 3.55. The average Bonchev–Trinajstić information content (AvgIpc) is 3.06. The van der Waals surface area contributed by atoms with Gasteiger partial charge in [-0.3, -0.25) is 10.1 Å². The van der Waals surface area contributed by atoms with Crippen molar-refractivity contribution in [1.82, 2.24) is 14.8 Å². The molecule has 10 heteroatoms. The van der Waals surface area contributed by atoms with E-state index in [4.69, 9.17) is 16.3 Å². The van der Waals surface area contributed by atoms with Crippen molar-refractivity contribution in [1.29, 1.82) is 0 Å². The van der Waals surface area contributed by atoms with E-state index in [0.29, 0.717) is 15.1 Å². The number of benzene rings is 2. The van der Waals surface area contributed by atoms with Gasteiger partial charge in [0.15, 0.2) is 5.16 Å². The highest BCUT2D eigenvalue weighted by Gasteiger charge is 2.20. The Labute approximate surface area is 163 Å². The number of carbonyl (C=O) groups excluding carboxylic acids is 1. The van der Waals surface area contributed by atoms with Crippen LogP contribution in [0, 0.1) is 10.1 Å². The second kappa shape index (κ2) is 8.19. The Kier molecular flexibility index (Phi) is 5.72. The molecule has 0 aliphatic heterocycles. The molecule has 0 N–H and O–H groups in total. The van der Waals surface area contributed by atoms with E-state index in [0.717, 1.165) is 17.3 Å². The van der Waals surface area contributed by atoms with Crippen molar-refractivity contribution in [3.63, 3.8) is 0 Å². The standard InChI is InChI=1S/C17H13ClN4O4S/c1-21-10-19-20-17(21)27-15-7-4-12(8-14(15)22(24)25)16(23)26-9-11-2-5-13(18)6-3-11/h2-8,10H,9H2,1H3. The summed E-state index contributed by atoms with van der Waals surface area (Å²) >= 11 is 6.90. The van der Waals surface area contributed by atoms with Crippen molar-refractivity contribution in [3.8, 4) is 0 Å². The van der Waals surface area contributed by atoms with Gasteiger partial charge < -0.3 is 9.30 Å². The van der Waals surface area contributed by atoms with Gasteiger partial charge in [0.1, 0.15) is 12.9 Å². The Hall–Kier alpha value is -2.91. The molecule has 0 aliphatic carbocycles. The molecule has 0 saturated heterocycles. The van der Waals surface area contributed by atoms with Crippen LogP contribution < -0.4 is 0 Å². The van der Waals surface area contributed by atoms with Crippen LogP contribution in [0.5, 0.6) is 0 Å². The molecule has 0 radical (unpaired) electrons. The fourth-order valence-electron chi connectivity index (χ4n) is 2.15. The van der Waals surface area contributed by atoms with Crippen LogP contribution in [0.25, 0.3) is 0 Å². The molecule has 3 rings (SSSR count). The minimum atomic E-state index is -0.650. The Bertz CT molecular complexity index is 991. The maximum atomic E-state index is 12.2. The first-order chi connectivity index (χ1) is 12.9. The highest BCUT2D eigenvalue weighted by atomic mass is 35.5. The van der Waals surface area contributed by atoms with Crippen LogP contribution in [0.3, 0.4) is 0 Å². The lowest BCUT2D eigenvalue weighted by Gasteiger charge is -2.07. The Morgan fingerprint density at radius 1 is 1.30 bits per heavy atom. The van der Waals surface area contributed by atoms with E-state index in [-0.39, 0.29) is 17.9 Å². The number of ether oxygens (including phenoxy) is 1. The zero-order valence-electron chi connectivity index (χ0n) is 14.0. The Balaban J connectivity index is 1.76. The first kappa shape index (κ1) is 18.9. The molecule has 0 saturated carbocycles. The van der Waals surface area contributed by atoms with Gasteiger partial charge in [0, 0.05) is 18.1 Å². The number of rotatable bonds is 6. The minimum Gasteiger partial charge on any atom is -0.457 e. The number of nitrogens with zero attached hydrogens (tertiary/aromatic N) is 4. The SMILES string of the molecule is Cn1cnnc1Sc1ccc(C(=O)OCc2ccc(Cl)cc2)cc1[N+](=O)[O-]. The largest absolute Gasteiger partial charge is 0.457 e. The molecule has 27 heavy (non-hydrogen) atoms. The molecule has 3 aromatic rings. The summed E-state index contributed by atoms with van der Waals surface area (Å²) in [6, 6.07) is 11.0. The van der Waals surface area contributed by atoms with Crippen LogP contribution in [0.1, 0.15) is 15.9 Å². The summed E-state index contributed by atoms with van der Waals surface area (Å²) in [7, 11) is 1.73. The fourth-order valence-corrected chi connectivity index (χ4v) is 3.13. The maximum Gasteiger partial charge on any atom is 0.338 e. The molecule has 0 unspecified atom stereocenters. The van der Waals surface area contributed by atoms with Crippen molar-refractivity contribution < 1.29 is 14.5 Å². The van der Waals surface area contributed by atoms with E-state index < -0.39 is 10.9 Å². The zero-order valence-corrected chi connectivity index (χ0v) is 15.6. The smallest absolute Gasteiger partial charge is 0.338 e. The number of hydrogen-bond donors (Lipinski definition) is 0. The highest BCUT2D eigenvalue weighted by Crippen LogP contribution is 2.34. The number of carbonyl (C=O) groups is 1. The van der Waals surface area contributed by atoms with Gasteiger partial charge in [0.25, 0.3) is 5.69 Å². The molecular weight excluding hydrogens is 392 g/mol. The van der Waals surface area contributed by atoms with Crippen LogP contribution >= 0.6 is 23.4 Å². The van der Waals surface area contributed by atoms with E-state index >= 15 is 0 Å². The van der Waals surface area contributed by atoms with Crippen LogP contribution in [-0.4, -0.2) is 25.7 Å². The molecule has 2 aromatic carbocycles. The highest BCUT2D eigenvalue weighted by molar-refractivity contribution is 7.99. The third-order valence-corrected chi connectivity index (χ3v) is 4.91. The molecule has 0 bridgehead atoms. The van der Waals surface area contributed by atoms with Crippen LogP contribution in [-0.2, 0) is 18.4 Å². The molecule has 1 aromatic heterocycles. The summed E-state index contributed by atoms with van der Waals surface area (Å²) in [5, 5.41) is 20.1. The van der Waals surface area contributed by atoms with Gasteiger partial charge >= 0.3 is 5.97 Å². The lowest BCUT2D eigenvalue weighted by atomic mass is 10.2. The van der Waals surface area contributed by atoms with Crippen LogP contribution in [0.15, 0.2) is 58.8 Å². The summed E-state index contributed by atoms with van der Waals surface area (Å²) in [6.07, 6.45) is 1.50. The van der Waals surface area contributed by atoms with E-state index in [1.807, 2.05) is 0 Å². The van der Waals surface area contributed by atoms with E-state index in [2.05, 4.69) is 10.2 Å². The Morgan fingerprint density at radius 2 is 2.04 bits per heavy atom. The number of nitro groups is 1. The van der Waals surface area contributed by atoms with Gasteiger partial charge in [-0.25, -0.2) is 4.79 Å². The van der Waals surface area contributed by atoms with Crippen molar-refractivity contribution in [2.24, 2.45) is 7.05 Å². The van der Waals surface area contributed by atoms with Crippen molar-refractivity contribution in [2.75, 3.05) is 0 Å². The molecule has 0 amide bonds. The molecule has 138 valence electrons. The minimum absolute atomic E-state index is 0.0409. The third kappa shape index (κ3) is 4.63. The number of hydrogen-bond acceptors (Lipinski definition) is 7. The molecule has 0 atom stereocenters. The topological polar surface area (TPSA) is 100 Å². The van der Waals surface area contributed by atoms with E-state index in [9.17, 15) is 14.9 Å². The molecule has 0 spiro atoms. The van der Waals surface area contributed by atoms with Crippen molar-refractivity contribution in [2.45, 2.75) is 16.7 Å². The van der Waals surface area contributed by atoms with Gasteiger partial charge in [-0.1, -0.05) is 23.7 Å². The van der Waals surface area contributed by atoms with Gasteiger partial charge in [-0.2, -0.15) is 0 Å². The summed E-state index contributed by atoms with van der Waals surface area (Å²) in [5.41, 5.74) is 0.652. The molecule has 1 heterocycles. The number of nitro benzene ring substituents is 1. The van der Waals surface area contributed by atoms with Gasteiger partial charge in [0.05, 0.1) is 15.4 Å². The van der Waals surface area contributed by atoms with Gasteiger partial charge in [-0.15, -0.1) is 10.2 Å². The molecular formula is C17H13ClN4O4S. The van der Waals surface area contributed by atoms with Crippen molar-refractivity contribution >= 4 is 35.0 Å². The molecule has 0 fully saturated rings. The second-order valence-electron chi connectivity index (χ2n) is 5.47. The summed E-state index contributed by atoms with van der Waals surface area (Å²) < 4.78 is 6.86. The molecule has 8 nitrogen and oxygen atoms in total. The quantitative estimate of drug-likeness (QED) is 0.349. The number of halogens is 1. The van der Waals surface area contributed by atoms with E-state index in [1.165, 1.54) is 24.5 Å². The lowest BCUT2D eigenvalue weighted by molar-refractivity contribution is -0.387. The number of aromatic nitrogens is 3. The first-order valence-corrected chi connectivity index (χ1v) is 8.85. The monoisotopic (exact) mass is 404 g/mol. The average molecular weight is 405 g/mol. The predicted molar refractivity (Wildman–Crippen MR) is 98.8 cm³/mol. The number of aryl methyl sites for hydroxylation is 1. The summed E-state index contributed by atoms with van der Waals surface area (Å²) in [6.45, 7) is 0.0409. The summed E-state index contributed by atoms with van der Waals surface area (Å²) in [5.74, 6) is -0.650. The van der Waals surface area contributed by atoms with Gasteiger partial charge in [-0.05, 0) is 41.6 Å². The summed E-state index contributed by atoms with van der Waals surface area (Å²) in [4.78, 5) is 23.4. The second-order valence-corrected chi connectivity index (χ2v) is 6.91. The predicted octanol–water partition coefficient (Wildman–Crippen LogP) is 3.88. The lowest BCUT2D eigenvalue weighted by Crippen LogP contribution is -2.06. The Morgan fingerprint density at radius 3 is 2.67 bits per heavy atom. The number of esters is 1.